The van der Waals surface area contributed by atoms with Gasteiger partial charge in [0.2, 0.25) is 0 Å². The van der Waals surface area contributed by atoms with Gasteiger partial charge in [0.25, 0.3) is 5.56 Å². The minimum atomic E-state index is -1.09. The molecular weight excluding hydrogens is 208 g/mol. The van der Waals surface area contributed by atoms with Gasteiger partial charge in [0.1, 0.15) is 11.6 Å². The van der Waals surface area contributed by atoms with Crippen molar-refractivity contribution in [3.63, 3.8) is 0 Å². The number of rotatable bonds is 2. The van der Waals surface area contributed by atoms with Gasteiger partial charge in [0.05, 0.1) is 5.56 Å². The Morgan fingerprint density at radius 2 is 2.25 bits per heavy atom. The van der Waals surface area contributed by atoms with Crippen LogP contribution >= 0.6 is 0 Å². The summed E-state index contributed by atoms with van der Waals surface area (Å²) in [5, 5.41) is 17.8. The van der Waals surface area contributed by atoms with Crippen molar-refractivity contribution in [1.29, 1.82) is 5.26 Å². The molecule has 1 heterocycles. The molecule has 0 radical (unpaired) electrons. The lowest BCUT2D eigenvalue weighted by Crippen LogP contribution is -2.25. The molecule has 1 aromatic rings. The lowest BCUT2D eigenvalue weighted by Gasteiger charge is -2.10. The van der Waals surface area contributed by atoms with Crippen molar-refractivity contribution in [3.8, 4) is 6.07 Å². The number of pyridine rings is 1. The molecule has 16 heavy (non-hydrogen) atoms. The van der Waals surface area contributed by atoms with Crippen LogP contribution in [0.25, 0.3) is 0 Å². The maximum absolute atomic E-state index is 11.7. The van der Waals surface area contributed by atoms with Crippen LogP contribution in [-0.4, -0.2) is 15.6 Å². The Labute approximate surface area is 91.6 Å². The SMILES string of the molecule is Cn1c(C2CC2)c(C(=O)O)cc(C#N)c1=O. The Balaban J connectivity index is 2.76. The second-order valence-corrected chi connectivity index (χ2v) is 3.91. The van der Waals surface area contributed by atoms with E-state index in [1.165, 1.54) is 17.7 Å². The fraction of sp³-hybridized carbons (Fsp3) is 0.364. The fourth-order valence-electron chi connectivity index (χ4n) is 1.85. The molecule has 1 saturated carbocycles. The summed E-state index contributed by atoms with van der Waals surface area (Å²) in [5.74, 6) is -0.939. The first-order valence-corrected chi connectivity index (χ1v) is 4.93. The maximum Gasteiger partial charge on any atom is 0.337 e. The van der Waals surface area contributed by atoms with Gasteiger partial charge in [-0.2, -0.15) is 5.26 Å². The maximum atomic E-state index is 11.7. The fourth-order valence-corrected chi connectivity index (χ4v) is 1.85. The molecule has 0 aromatic carbocycles. The predicted octanol–water partition coefficient (Wildman–Crippen LogP) is 0.833. The number of nitrogens with zero attached hydrogens (tertiary/aromatic N) is 2. The van der Waals surface area contributed by atoms with Gasteiger partial charge in [0, 0.05) is 18.7 Å². The summed E-state index contributed by atoms with van der Waals surface area (Å²) in [4.78, 5) is 22.7. The Morgan fingerprint density at radius 3 is 2.69 bits per heavy atom. The van der Waals surface area contributed by atoms with Crippen LogP contribution in [0.2, 0.25) is 0 Å². The molecule has 2 rings (SSSR count). The van der Waals surface area contributed by atoms with E-state index in [-0.39, 0.29) is 17.0 Å². The van der Waals surface area contributed by atoms with E-state index < -0.39 is 11.5 Å². The number of hydrogen-bond acceptors (Lipinski definition) is 3. The van der Waals surface area contributed by atoms with Gasteiger partial charge in [-0.15, -0.1) is 0 Å². The van der Waals surface area contributed by atoms with Gasteiger partial charge in [-0.25, -0.2) is 4.79 Å². The smallest absolute Gasteiger partial charge is 0.337 e. The van der Waals surface area contributed by atoms with E-state index in [0.717, 1.165) is 12.8 Å². The van der Waals surface area contributed by atoms with Gasteiger partial charge in [0.15, 0.2) is 0 Å². The van der Waals surface area contributed by atoms with Gasteiger partial charge in [-0.3, -0.25) is 4.79 Å². The molecule has 0 unspecified atom stereocenters. The molecular formula is C11H10N2O3. The van der Waals surface area contributed by atoms with Crippen LogP contribution < -0.4 is 5.56 Å². The summed E-state index contributed by atoms with van der Waals surface area (Å²) in [6, 6.07) is 2.90. The second kappa shape index (κ2) is 3.49. The summed E-state index contributed by atoms with van der Waals surface area (Å²) >= 11 is 0. The standard InChI is InChI=1S/C11H10N2O3/c1-13-9(6-2-3-6)8(11(15)16)4-7(5-12)10(13)14/h4,6H,2-3H2,1H3,(H,15,16). The van der Waals surface area contributed by atoms with E-state index in [1.807, 2.05) is 0 Å². The summed E-state index contributed by atoms with van der Waals surface area (Å²) in [6.07, 6.45) is 1.80. The molecule has 82 valence electrons. The summed E-state index contributed by atoms with van der Waals surface area (Å²) < 4.78 is 1.29. The van der Waals surface area contributed by atoms with Crippen molar-refractivity contribution in [3.05, 3.63) is 33.2 Å². The zero-order valence-electron chi connectivity index (χ0n) is 8.73. The molecule has 1 N–H and O–H groups in total. The summed E-state index contributed by atoms with van der Waals surface area (Å²) in [7, 11) is 1.52. The van der Waals surface area contributed by atoms with Gasteiger partial charge < -0.3 is 9.67 Å². The number of carboxylic acids is 1. The molecule has 0 saturated heterocycles. The van der Waals surface area contributed by atoms with Crippen molar-refractivity contribution in [2.75, 3.05) is 0 Å². The largest absolute Gasteiger partial charge is 0.478 e. The highest BCUT2D eigenvalue weighted by Crippen LogP contribution is 2.41. The molecule has 1 aromatic heterocycles. The number of nitriles is 1. The minimum absolute atomic E-state index is 0.0705. The molecule has 0 amide bonds. The lowest BCUT2D eigenvalue weighted by molar-refractivity contribution is 0.0694. The molecule has 1 aliphatic rings. The molecule has 0 bridgehead atoms. The van der Waals surface area contributed by atoms with Crippen LogP contribution in [0.1, 0.15) is 40.4 Å². The highest BCUT2D eigenvalue weighted by atomic mass is 16.4. The molecule has 1 aliphatic carbocycles. The van der Waals surface area contributed by atoms with E-state index in [4.69, 9.17) is 10.4 Å². The first-order valence-electron chi connectivity index (χ1n) is 4.93. The molecule has 5 heteroatoms. The summed E-state index contributed by atoms with van der Waals surface area (Å²) in [6.45, 7) is 0. The third kappa shape index (κ3) is 1.48. The van der Waals surface area contributed by atoms with Gasteiger partial charge in [-0.1, -0.05) is 0 Å². The molecule has 0 atom stereocenters. The molecule has 0 spiro atoms. The first-order chi connectivity index (χ1) is 7.56. The second-order valence-electron chi connectivity index (χ2n) is 3.91. The van der Waals surface area contributed by atoms with Crippen LogP contribution in [0, 0.1) is 11.3 Å². The Hall–Kier alpha value is -2.09. The van der Waals surface area contributed by atoms with Crippen molar-refractivity contribution in [2.45, 2.75) is 18.8 Å². The predicted molar refractivity (Wildman–Crippen MR) is 55.3 cm³/mol. The first kappa shape index (κ1) is 10.4. The van der Waals surface area contributed by atoms with Crippen molar-refractivity contribution < 1.29 is 9.90 Å². The number of carbonyl (C=O) groups is 1. The van der Waals surface area contributed by atoms with Gasteiger partial charge >= 0.3 is 5.97 Å². The van der Waals surface area contributed by atoms with Crippen molar-refractivity contribution in [1.82, 2.24) is 4.57 Å². The molecule has 5 nitrogen and oxygen atoms in total. The van der Waals surface area contributed by atoms with E-state index in [1.54, 1.807) is 6.07 Å². The number of carboxylic acid groups (broad SMARTS) is 1. The van der Waals surface area contributed by atoms with Crippen LogP contribution in [0.3, 0.4) is 0 Å². The average molecular weight is 218 g/mol. The highest BCUT2D eigenvalue weighted by molar-refractivity contribution is 5.89. The monoisotopic (exact) mass is 218 g/mol. The zero-order chi connectivity index (χ0) is 11.9. The Bertz CT molecular complexity index is 562. The number of aromatic carboxylic acids is 1. The van der Waals surface area contributed by atoms with Crippen molar-refractivity contribution in [2.24, 2.45) is 7.05 Å². The van der Waals surface area contributed by atoms with Gasteiger partial charge in [-0.05, 0) is 18.9 Å². The van der Waals surface area contributed by atoms with E-state index in [2.05, 4.69) is 0 Å². The topological polar surface area (TPSA) is 83.1 Å². The van der Waals surface area contributed by atoms with Crippen LogP contribution in [0.5, 0.6) is 0 Å². The van der Waals surface area contributed by atoms with E-state index in [9.17, 15) is 9.59 Å². The molecule has 0 aliphatic heterocycles. The minimum Gasteiger partial charge on any atom is -0.478 e. The highest BCUT2D eigenvalue weighted by Gasteiger charge is 2.31. The van der Waals surface area contributed by atoms with Crippen LogP contribution in [-0.2, 0) is 7.05 Å². The molecule has 1 fully saturated rings. The zero-order valence-corrected chi connectivity index (χ0v) is 8.73. The third-order valence-electron chi connectivity index (χ3n) is 2.78. The Morgan fingerprint density at radius 1 is 1.62 bits per heavy atom. The Kier molecular flexibility index (Phi) is 2.27. The van der Waals surface area contributed by atoms with E-state index in [0.29, 0.717) is 5.69 Å². The number of hydrogen-bond donors (Lipinski definition) is 1. The van der Waals surface area contributed by atoms with Crippen LogP contribution in [0.15, 0.2) is 10.9 Å². The summed E-state index contributed by atoms with van der Waals surface area (Å²) in [5.41, 5.74) is 0.0661. The third-order valence-corrected chi connectivity index (χ3v) is 2.78. The normalized spacial score (nSPS) is 14.5. The lowest BCUT2D eigenvalue weighted by atomic mass is 10.1. The van der Waals surface area contributed by atoms with E-state index >= 15 is 0 Å². The average Bonchev–Trinajstić information content (AvgIpc) is 3.05. The van der Waals surface area contributed by atoms with Crippen LogP contribution in [0.4, 0.5) is 0 Å². The quantitative estimate of drug-likeness (QED) is 0.797. The number of aromatic nitrogens is 1. The van der Waals surface area contributed by atoms with Crippen molar-refractivity contribution >= 4 is 5.97 Å².